The number of ether oxygens (including phenoxy) is 2. The second kappa shape index (κ2) is 10.4. The predicted octanol–water partition coefficient (Wildman–Crippen LogP) is 3.72. The molecule has 0 unspecified atom stereocenters. The summed E-state index contributed by atoms with van der Waals surface area (Å²) < 4.78 is 9.80. The molecule has 8 heteroatoms. The van der Waals surface area contributed by atoms with Gasteiger partial charge in [0.05, 0.1) is 6.42 Å². The minimum atomic E-state index is -0.659. The number of nitrogens with one attached hydrogen (secondary N) is 1. The van der Waals surface area contributed by atoms with Crippen LogP contribution in [0, 0.1) is 6.92 Å². The van der Waals surface area contributed by atoms with E-state index in [1.54, 1.807) is 25.1 Å². The molecule has 0 aromatic heterocycles. The van der Waals surface area contributed by atoms with Crippen LogP contribution in [0.15, 0.2) is 42.5 Å². The molecule has 0 fully saturated rings. The zero-order valence-corrected chi connectivity index (χ0v) is 16.7. The number of ketones is 1. The average Bonchev–Trinajstić information content (AvgIpc) is 2.68. The molecule has 0 spiro atoms. The van der Waals surface area contributed by atoms with E-state index >= 15 is 0 Å². The third kappa shape index (κ3) is 7.04. The normalized spacial score (nSPS) is 10.2. The first-order valence-electron chi connectivity index (χ1n) is 8.78. The number of benzene rings is 2. The van der Waals surface area contributed by atoms with Gasteiger partial charge in [-0.25, -0.2) is 0 Å². The van der Waals surface area contributed by atoms with Crippen LogP contribution in [0.3, 0.4) is 0 Å². The van der Waals surface area contributed by atoms with Crippen molar-refractivity contribution in [2.75, 3.05) is 11.9 Å². The van der Waals surface area contributed by atoms with Crippen LogP contribution < -0.4 is 10.1 Å². The van der Waals surface area contributed by atoms with Gasteiger partial charge in [-0.05, 0) is 48.9 Å². The molecule has 152 valence electrons. The standard InChI is InChI=1S/C21H20ClNO6/c1-13-17(22)4-3-5-18(13)23-20(26)10-11-21(27)28-12-19(25)15-6-8-16(9-7-15)29-14(2)24/h3-9H,10-12H2,1-2H3,(H,23,26). The number of halogens is 1. The van der Waals surface area contributed by atoms with Gasteiger partial charge in [-0.2, -0.15) is 0 Å². The molecule has 0 saturated carbocycles. The van der Waals surface area contributed by atoms with Crippen LogP contribution in [0.4, 0.5) is 5.69 Å². The fourth-order valence-electron chi connectivity index (χ4n) is 2.35. The number of carbonyl (C=O) groups is 4. The van der Waals surface area contributed by atoms with E-state index in [-0.39, 0.29) is 18.7 Å². The second-order valence-electron chi connectivity index (χ2n) is 6.16. The third-order valence-electron chi connectivity index (χ3n) is 3.90. The molecule has 1 amide bonds. The van der Waals surface area contributed by atoms with Crippen molar-refractivity contribution < 1.29 is 28.7 Å². The van der Waals surface area contributed by atoms with Gasteiger partial charge in [-0.3, -0.25) is 19.2 Å². The average molecular weight is 418 g/mol. The molecule has 0 bridgehead atoms. The van der Waals surface area contributed by atoms with Crippen molar-refractivity contribution in [2.45, 2.75) is 26.7 Å². The van der Waals surface area contributed by atoms with Gasteiger partial charge in [0, 0.05) is 29.6 Å². The Labute approximate surface area is 172 Å². The minimum absolute atomic E-state index is 0.0872. The maximum atomic E-state index is 12.1. The van der Waals surface area contributed by atoms with Crippen molar-refractivity contribution in [3.05, 3.63) is 58.6 Å². The van der Waals surface area contributed by atoms with Gasteiger partial charge in [0.2, 0.25) is 5.91 Å². The van der Waals surface area contributed by atoms with Crippen LogP contribution in [0.1, 0.15) is 35.7 Å². The molecule has 0 saturated heterocycles. The van der Waals surface area contributed by atoms with Crippen molar-refractivity contribution in [1.82, 2.24) is 0 Å². The summed E-state index contributed by atoms with van der Waals surface area (Å²) in [6.45, 7) is 2.60. The van der Waals surface area contributed by atoms with Crippen LogP contribution in [-0.2, 0) is 19.1 Å². The summed E-state index contributed by atoms with van der Waals surface area (Å²) in [5, 5.41) is 3.21. The highest BCUT2D eigenvalue weighted by molar-refractivity contribution is 6.31. The molecule has 29 heavy (non-hydrogen) atoms. The van der Waals surface area contributed by atoms with Gasteiger partial charge in [0.25, 0.3) is 0 Å². The lowest BCUT2D eigenvalue weighted by molar-refractivity contribution is -0.143. The third-order valence-corrected chi connectivity index (χ3v) is 4.31. The molecule has 2 aromatic carbocycles. The Morgan fingerprint density at radius 1 is 1.00 bits per heavy atom. The monoisotopic (exact) mass is 417 g/mol. The van der Waals surface area contributed by atoms with Gasteiger partial charge in [-0.15, -0.1) is 0 Å². The Hall–Kier alpha value is -3.19. The highest BCUT2D eigenvalue weighted by Crippen LogP contribution is 2.23. The molecule has 0 aliphatic carbocycles. The number of amides is 1. The summed E-state index contributed by atoms with van der Waals surface area (Å²) >= 11 is 6.00. The largest absolute Gasteiger partial charge is 0.457 e. The highest BCUT2D eigenvalue weighted by Gasteiger charge is 2.13. The molecule has 1 N–H and O–H groups in total. The van der Waals surface area contributed by atoms with E-state index < -0.39 is 24.3 Å². The predicted molar refractivity (Wildman–Crippen MR) is 107 cm³/mol. The minimum Gasteiger partial charge on any atom is -0.457 e. The summed E-state index contributed by atoms with van der Waals surface area (Å²) in [7, 11) is 0. The lowest BCUT2D eigenvalue weighted by Crippen LogP contribution is -2.17. The smallest absolute Gasteiger partial charge is 0.308 e. The first kappa shape index (κ1) is 22.1. The van der Waals surface area contributed by atoms with Gasteiger partial charge >= 0.3 is 11.9 Å². The Balaban J connectivity index is 1.76. The summed E-state index contributed by atoms with van der Waals surface area (Å²) in [5.41, 5.74) is 1.61. The van der Waals surface area contributed by atoms with E-state index in [1.807, 2.05) is 0 Å². The van der Waals surface area contributed by atoms with Crippen LogP contribution in [0.5, 0.6) is 5.75 Å². The lowest BCUT2D eigenvalue weighted by Gasteiger charge is -2.09. The number of hydrogen-bond donors (Lipinski definition) is 1. The van der Waals surface area contributed by atoms with Crippen LogP contribution in [-0.4, -0.2) is 30.2 Å². The van der Waals surface area contributed by atoms with Crippen LogP contribution in [0.2, 0.25) is 5.02 Å². The molecular formula is C21H20ClNO6. The van der Waals surface area contributed by atoms with Crippen molar-refractivity contribution in [2.24, 2.45) is 0 Å². The molecule has 0 heterocycles. The van der Waals surface area contributed by atoms with Crippen molar-refractivity contribution in [3.8, 4) is 5.75 Å². The molecule has 2 rings (SSSR count). The van der Waals surface area contributed by atoms with Crippen molar-refractivity contribution in [3.63, 3.8) is 0 Å². The van der Waals surface area contributed by atoms with Gasteiger partial charge < -0.3 is 14.8 Å². The van der Waals surface area contributed by atoms with Crippen LogP contribution in [0.25, 0.3) is 0 Å². The maximum Gasteiger partial charge on any atom is 0.308 e. The lowest BCUT2D eigenvalue weighted by atomic mass is 10.1. The Morgan fingerprint density at radius 3 is 2.34 bits per heavy atom. The molecule has 0 radical (unpaired) electrons. The first-order chi connectivity index (χ1) is 13.8. The number of Topliss-reactive ketones (excluding diaryl/α,β-unsaturated/α-hetero) is 1. The second-order valence-corrected chi connectivity index (χ2v) is 6.57. The molecular weight excluding hydrogens is 398 g/mol. The molecule has 2 aromatic rings. The van der Waals surface area contributed by atoms with E-state index in [9.17, 15) is 19.2 Å². The summed E-state index contributed by atoms with van der Waals surface area (Å²) in [6.07, 6.45) is -0.250. The highest BCUT2D eigenvalue weighted by atomic mass is 35.5. The molecule has 0 aliphatic rings. The number of esters is 2. The van der Waals surface area contributed by atoms with Crippen molar-refractivity contribution >= 4 is 40.9 Å². The summed E-state index contributed by atoms with van der Waals surface area (Å²) in [4.78, 5) is 46.7. The van der Waals surface area contributed by atoms with Crippen molar-refractivity contribution in [1.29, 1.82) is 0 Å². The fourth-order valence-corrected chi connectivity index (χ4v) is 2.52. The van der Waals surface area contributed by atoms with Crippen LogP contribution >= 0.6 is 11.6 Å². The topological polar surface area (TPSA) is 98.8 Å². The molecule has 0 aliphatic heterocycles. The fraction of sp³-hybridized carbons (Fsp3) is 0.238. The summed E-state index contributed by atoms with van der Waals surface area (Å²) in [6, 6.07) is 11.0. The Kier molecular flexibility index (Phi) is 7.91. The summed E-state index contributed by atoms with van der Waals surface area (Å²) in [5.74, 6) is -1.58. The van der Waals surface area contributed by atoms with E-state index in [2.05, 4.69) is 5.32 Å². The van der Waals surface area contributed by atoms with Gasteiger partial charge in [-0.1, -0.05) is 17.7 Å². The number of rotatable bonds is 8. The SMILES string of the molecule is CC(=O)Oc1ccc(C(=O)COC(=O)CCC(=O)Nc2cccc(Cl)c2C)cc1. The van der Waals surface area contributed by atoms with E-state index in [0.717, 1.165) is 5.56 Å². The quantitative estimate of drug-likeness (QED) is 0.399. The number of anilines is 1. The van der Waals surface area contributed by atoms with E-state index in [1.165, 1.54) is 31.2 Å². The Morgan fingerprint density at radius 2 is 1.69 bits per heavy atom. The Bertz CT molecular complexity index is 923. The maximum absolute atomic E-state index is 12.1. The van der Waals surface area contributed by atoms with E-state index in [4.69, 9.17) is 21.1 Å². The zero-order chi connectivity index (χ0) is 21.4. The van der Waals surface area contributed by atoms with Gasteiger partial charge in [0.1, 0.15) is 5.75 Å². The number of carbonyl (C=O) groups excluding carboxylic acids is 4. The zero-order valence-electron chi connectivity index (χ0n) is 16.0. The number of hydrogen-bond acceptors (Lipinski definition) is 6. The van der Waals surface area contributed by atoms with E-state index in [0.29, 0.717) is 22.0 Å². The first-order valence-corrected chi connectivity index (χ1v) is 9.16. The molecule has 7 nitrogen and oxygen atoms in total. The molecule has 0 atom stereocenters. The van der Waals surface area contributed by atoms with Gasteiger partial charge in [0.15, 0.2) is 12.4 Å².